The van der Waals surface area contributed by atoms with Crippen molar-refractivity contribution in [1.82, 2.24) is 20.0 Å². The molecular weight excluding hydrogens is 708 g/mol. The van der Waals surface area contributed by atoms with E-state index in [4.69, 9.17) is 9.79 Å². The number of amides is 4. The first kappa shape index (κ1) is 37.0. The Morgan fingerprint density at radius 1 is 0.941 bits per heavy atom. The van der Waals surface area contributed by atoms with E-state index >= 15 is 0 Å². The van der Waals surface area contributed by atoms with Gasteiger partial charge in [-0.05, 0) is 84.9 Å². The topological polar surface area (TPSA) is 148 Å². The van der Waals surface area contributed by atoms with Gasteiger partial charge in [0.25, 0.3) is 11.8 Å². The molecule has 3 saturated heterocycles. The second-order valence-electron chi connectivity index (χ2n) is 14.6. The van der Waals surface area contributed by atoms with Crippen LogP contribution in [-0.2, 0) is 19.8 Å². The Morgan fingerprint density at radius 2 is 1.63 bits per heavy atom. The molecule has 16 heteroatoms. The highest BCUT2D eigenvalue weighted by Crippen LogP contribution is 2.59. The summed E-state index contributed by atoms with van der Waals surface area (Å²) < 4.78 is 54.0. The lowest BCUT2D eigenvalue weighted by Crippen LogP contribution is -2.59. The molecule has 2 aromatic carbocycles. The molecule has 11 nitrogen and oxygen atoms in total. The Hall–Kier alpha value is -3.78. The SMILES string of the molecule is CC(C)(C)C(NC(=O)c1cc2cc(C(F)(F)P(=O)(O)O)ccc2s1)C(=O)N1CCC[C@H]1C(=O)N1CC[C@H]2CCN(C(=O)c3ccc(F)cc3)[C@H]2C1. The molecule has 274 valence electrons. The molecule has 4 amide bonds. The average Bonchev–Trinajstić information content (AvgIpc) is 3.83. The maximum Gasteiger partial charge on any atom is 0.399 e. The molecule has 6 rings (SSSR count). The van der Waals surface area contributed by atoms with Crippen LogP contribution in [0.4, 0.5) is 13.2 Å². The van der Waals surface area contributed by atoms with Crippen LogP contribution in [0.15, 0.2) is 48.5 Å². The van der Waals surface area contributed by atoms with E-state index in [0.29, 0.717) is 55.7 Å². The zero-order chi connectivity index (χ0) is 37.0. The van der Waals surface area contributed by atoms with E-state index in [-0.39, 0.29) is 34.0 Å². The predicted octanol–water partition coefficient (Wildman–Crippen LogP) is 5.17. The van der Waals surface area contributed by atoms with Gasteiger partial charge in [-0.3, -0.25) is 23.7 Å². The lowest BCUT2D eigenvalue weighted by atomic mass is 9.85. The van der Waals surface area contributed by atoms with Gasteiger partial charge >= 0.3 is 13.3 Å². The highest BCUT2D eigenvalue weighted by Gasteiger charge is 2.51. The Kier molecular flexibility index (Phi) is 9.90. The van der Waals surface area contributed by atoms with Gasteiger partial charge in [-0.25, -0.2) is 4.39 Å². The van der Waals surface area contributed by atoms with Gasteiger partial charge in [-0.15, -0.1) is 11.3 Å². The normalized spacial score (nSPS) is 21.9. The number of alkyl halides is 2. The fraction of sp³-hybridized carbons (Fsp3) is 0.486. The molecule has 3 aliphatic heterocycles. The Balaban J connectivity index is 1.16. The van der Waals surface area contributed by atoms with Gasteiger partial charge in [0.2, 0.25) is 11.8 Å². The number of nitrogens with zero attached hydrogens (tertiary/aromatic N) is 3. The standard InChI is InChI=1S/C35H40F3N4O7PS/c1-34(2,3)29(39-30(43)28-18-22-17-23(8-11-27(22)51-28)35(37,38)50(47,48)49)33(46)41-14-4-5-25(41)32(45)40-15-12-20-13-16-42(26(20)19-40)31(44)21-6-9-24(36)10-7-21/h6-11,17-18,20,25-26,29H,4-5,12-16,19H2,1-3H3,(H,39,43)(H2,47,48,49)/t20-,25-,26-,29?/m0/s1. The number of rotatable bonds is 7. The Labute approximate surface area is 296 Å². The molecule has 3 N–H and O–H groups in total. The van der Waals surface area contributed by atoms with E-state index in [1.165, 1.54) is 41.3 Å². The summed E-state index contributed by atoms with van der Waals surface area (Å²) in [5.41, 5.74) is -5.70. The van der Waals surface area contributed by atoms with Crippen LogP contribution in [0, 0.1) is 17.2 Å². The van der Waals surface area contributed by atoms with Crippen molar-refractivity contribution in [2.24, 2.45) is 11.3 Å². The number of fused-ring (bicyclic) bond motifs is 2. The molecule has 3 aliphatic rings. The maximum absolute atomic E-state index is 14.4. The van der Waals surface area contributed by atoms with Gasteiger partial charge in [0, 0.05) is 42.0 Å². The highest BCUT2D eigenvalue weighted by atomic mass is 32.1. The number of carbonyl (C=O) groups is 4. The molecule has 4 heterocycles. The van der Waals surface area contributed by atoms with Gasteiger partial charge in [0.1, 0.15) is 17.9 Å². The van der Waals surface area contributed by atoms with Gasteiger partial charge < -0.3 is 29.8 Å². The van der Waals surface area contributed by atoms with Gasteiger partial charge in [-0.2, -0.15) is 8.78 Å². The number of piperidine rings is 1. The first-order valence-electron chi connectivity index (χ1n) is 16.8. The zero-order valence-corrected chi connectivity index (χ0v) is 30.1. The van der Waals surface area contributed by atoms with Crippen molar-refractivity contribution >= 4 is 52.6 Å². The number of hydrogen-bond acceptors (Lipinski definition) is 6. The largest absolute Gasteiger partial charge is 0.399 e. The summed E-state index contributed by atoms with van der Waals surface area (Å²) in [6.45, 7) is 7.00. The van der Waals surface area contributed by atoms with E-state index in [1.54, 1.807) is 30.6 Å². The average molecular weight is 749 g/mol. The van der Waals surface area contributed by atoms with Crippen molar-refractivity contribution in [3.63, 3.8) is 0 Å². The highest BCUT2D eigenvalue weighted by molar-refractivity contribution is 7.52. The molecule has 51 heavy (non-hydrogen) atoms. The molecule has 3 fully saturated rings. The van der Waals surface area contributed by atoms with Crippen LogP contribution >= 0.6 is 18.9 Å². The first-order valence-corrected chi connectivity index (χ1v) is 19.2. The number of nitrogens with one attached hydrogen (secondary N) is 1. The summed E-state index contributed by atoms with van der Waals surface area (Å²) in [4.78, 5) is 78.5. The van der Waals surface area contributed by atoms with Crippen LogP contribution in [-0.4, -0.2) is 92.4 Å². The van der Waals surface area contributed by atoms with E-state index in [1.807, 2.05) is 0 Å². The number of hydrogen-bond donors (Lipinski definition) is 3. The number of benzene rings is 2. The second-order valence-corrected chi connectivity index (χ2v) is 17.3. The Morgan fingerprint density at radius 3 is 2.29 bits per heavy atom. The summed E-state index contributed by atoms with van der Waals surface area (Å²) in [5.74, 6) is -1.70. The minimum atomic E-state index is -5.79. The molecule has 1 unspecified atom stereocenters. The van der Waals surface area contributed by atoms with Gasteiger partial charge in [0.15, 0.2) is 0 Å². The van der Waals surface area contributed by atoms with Crippen LogP contribution < -0.4 is 5.32 Å². The fourth-order valence-electron chi connectivity index (χ4n) is 7.38. The van der Waals surface area contributed by atoms with Crippen LogP contribution in [0.1, 0.15) is 72.0 Å². The molecular formula is C35H40F3N4O7PS. The van der Waals surface area contributed by atoms with Crippen LogP contribution in [0.2, 0.25) is 0 Å². The molecule has 0 aliphatic carbocycles. The third-order valence-corrected chi connectivity index (χ3v) is 12.3. The quantitative estimate of drug-likeness (QED) is 0.283. The van der Waals surface area contributed by atoms with Crippen molar-refractivity contribution in [2.45, 2.75) is 70.2 Å². The van der Waals surface area contributed by atoms with Crippen LogP contribution in [0.25, 0.3) is 10.1 Å². The molecule has 1 aromatic heterocycles. The molecule has 3 aromatic rings. The predicted molar refractivity (Wildman–Crippen MR) is 184 cm³/mol. The van der Waals surface area contributed by atoms with Crippen molar-refractivity contribution in [1.29, 1.82) is 0 Å². The van der Waals surface area contributed by atoms with E-state index in [9.17, 15) is 36.9 Å². The minimum absolute atomic E-state index is 0.108. The van der Waals surface area contributed by atoms with Crippen LogP contribution in [0.3, 0.4) is 0 Å². The third-order valence-electron chi connectivity index (χ3n) is 10.2. The number of likely N-dealkylation sites (tertiary alicyclic amines) is 3. The van der Waals surface area contributed by atoms with Crippen molar-refractivity contribution in [3.8, 4) is 0 Å². The van der Waals surface area contributed by atoms with E-state index in [2.05, 4.69) is 5.32 Å². The summed E-state index contributed by atoms with van der Waals surface area (Å²) in [6, 6.07) is 7.82. The van der Waals surface area contributed by atoms with Crippen LogP contribution in [0.5, 0.6) is 0 Å². The van der Waals surface area contributed by atoms with Crippen molar-refractivity contribution in [2.75, 3.05) is 26.2 Å². The molecule has 0 saturated carbocycles. The minimum Gasteiger partial charge on any atom is -0.339 e. The number of halogens is 3. The summed E-state index contributed by atoms with van der Waals surface area (Å²) in [7, 11) is -5.79. The molecule has 4 atom stereocenters. The van der Waals surface area contributed by atoms with Gasteiger partial charge in [0.05, 0.1) is 10.9 Å². The lowest BCUT2D eigenvalue weighted by molar-refractivity contribution is -0.147. The van der Waals surface area contributed by atoms with E-state index in [0.717, 1.165) is 29.9 Å². The fourth-order valence-corrected chi connectivity index (χ4v) is 8.80. The summed E-state index contributed by atoms with van der Waals surface area (Å²) in [6.07, 6.45) is 2.54. The zero-order valence-electron chi connectivity index (χ0n) is 28.4. The van der Waals surface area contributed by atoms with Gasteiger partial charge in [-0.1, -0.05) is 26.8 Å². The number of thiophene rings is 1. The molecule has 0 radical (unpaired) electrons. The summed E-state index contributed by atoms with van der Waals surface area (Å²) >= 11 is 0.980. The second kappa shape index (κ2) is 13.6. The Bertz CT molecular complexity index is 1910. The van der Waals surface area contributed by atoms with Crippen molar-refractivity contribution < 1.29 is 46.7 Å². The molecule has 0 bridgehead atoms. The van der Waals surface area contributed by atoms with Crippen molar-refractivity contribution in [3.05, 3.63) is 70.4 Å². The van der Waals surface area contributed by atoms with E-state index < -0.39 is 54.0 Å². The molecule has 0 spiro atoms. The first-order chi connectivity index (χ1) is 23.9. The maximum atomic E-state index is 14.4. The monoisotopic (exact) mass is 748 g/mol. The lowest BCUT2D eigenvalue weighted by Gasteiger charge is -2.41. The number of carbonyl (C=O) groups excluding carboxylic acids is 4. The smallest absolute Gasteiger partial charge is 0.339 e. The third kappa shape index (κ3) is 7.18. The summed E-state index contributed by atoms with van der Waals surface area (Å²) in [5, 5.41) is 2.99.